The Morgan fingerprint density at radius 2 is 1.61 bits per heavy atom. The first-order valence-corrected chi connectivity index (χ1v) is 8.43. The third-order valence-electron chi connectivity index (χ3n) is 4.60. The minimum Gasteiger partial charge on any atom is -0.763 e. The van der Waals surface area contributed by atoms with Gasteiger partial charge in [-0.15, -0.1) is 0 Å². The molecule has 2 heterocycles. The fraction of sp³-hybridized carbons (Fsp3) is 0.250. The summed E-state index contributed by atoms with van der Waals surface area (Å²) in [5.74, 6) is 1.02. The maximum atomic E-state index is 12.7. The zero-order chi connectivity index (χ0) is 20.3. The van der Waals surface area contributed by atoms with E-state index in [1.54, 1.807) is 41.2 Å². The molecule has 28 heavy (non-hydrogen) atoms. The first-order chi connectivity index (χ1) is 13.5. The van der Waals surface area contributed by atoms with Gasteiger partial charge >= 0.3 is 0 Å². The molecule has 8 heteroatoms. The SMILES string of the molecule is COc1cc([C@H]2C(=C=[N-])C(=O)NC(=O)[C@@H]2[n+]2ccccc2)cc(OC)c1OC. The number of benzene rings is 1. The lowest BCUT2D eigenvalue weighted by atomic mass is 9.81. The van der Waals surface area contributed by atoms with Crippen LogP contribution in [0.3, 0.4) is 0 Å². The second-order valence-corrected chi connectivity index (χ2v) is 6.05. The van der Waals surface area contributed by atoms with Crippen LogP contribution >= 0.6 is 0 Å². The van der Waals surface area contributed by atoms with E-state index in [0.717, 1.165) is 0 Å². The fourth-order valence-electron chi connectivity index (χ4n) is 3.36. The van der Waals surface area contributed by atoms with Crippen LogP contribution in [0.25, 0.3) is 5.41 Å². The molecule has 1 aromatic heterocycles. The molecule has 1 aliphatic heterocycles. The van der Waals surface area contributed by atoms with Crippen molar-refractivity contribution in [3.8, 4) is 17.2 Å². The van der Waals surface area contributed by atoms with Gasteiger partial charge in [0, 0.05) is 12.1 Å². The molecule has 144 valence electrons. The van der Waals surface area contributed by atoms with Crippen molar-refractivity contribution < 1.29 is 28.4 Å². The highest BCUT2D eigenvalue weighted by Gasteiger charge is 2.46. The Balaban J connectivity index is 2.25. The number of imide groups is 1. The summed E-state index contributed by atoms with van der Waals surface area (Å²) in [6, 6.07) is 7.80. The van der Waals surface area contributed by atoms with Crippen molar-refractivity contribution in [3.05, 3.63) is 59.3 Å². The summed E-state index contributed by atoms with van der Waals surface area (Å²) in [6.07, 6.45) is 3.42. The van der Waals surface area contributed by atoms with E-state index in [1.165, 1.54) is 21.3 Å². The molecule has 0 saturated carbocycles. The first-order valence-electron chi connectivity index (χ1n) is 8.43. The minimum atomic E-state index is -0.837. The summed E-state index contributed by atoms with van der Waals surface area (Å²) in [4.78, 5) is 25.1. The molecule has 1 N–H and O–H groups in total. The molecule has 3 rings (SSSR count). The summed E-state index contributed by atoms with van der Waals surface area (Å²) in [7, 11) is 4.42. The van der Waals surface area contributed by atoms with E-state index in [1.807, 2.05) is 11.9 Å². The topological polar surface area (TPSA) is 100 Å². The van der Waals surface area contributed by atoms with Gasteiger partial charge in [-0.2, -0.15) is 4.57 Å². The molecule has 0 spiro atoms. The monoisotopic (exact) mass is 381 g/mol. The summed E-state index contributed by atoms with van der Waals surface area (Å²) in [6.45, 7) is 0. The lowest BCUT2D eigenvalue weighted by Crippen LogP contribution is -2.57. The van der Waals surface area contributed by atoms with Crippen molar-refractivity contribution in [2.45, 2.75) is 12.0 Å². The molecule has 2 aromatic rings. The zero-order valence-corrected chi connectivity index (χ0v) is 15.6. The molecule has 1 saturated heterocycles. The second-order valence-electron chi connectivity index (χ2n) is 6.05. The maximum absolute atomic E-state index is 12.7. The summed E-state index contributed by atoms with van der Waals surface area (Å²) in [5.41, 5.74) is 0.450. The van der Waals surface area contributed by atoms with Crippen molar-refractivity contribution in [2.24, 2.45) is 0 Å². The number of ether oxygens (including phenoxy) is 3. The lowest BCUT2D eigenvalue weighted by Gasteiger charge is -2.29. The van der Waals surface area contributed by atoms with Crippen LogP contribution in [-0.4, -0.2) is 39.0 Å². The highest BCUT2D eigenvalue weighted by molar-refractivity contribution is 6.14. The van der Waals surface area contributed by atoms with Gasteiger partial charge in [-0.1, -0.05) is 6.07 Å². The molecular weight excluding hydrogens is 362 g/mol. The van der Waals surface area contributed by atoms with Crippen LogP contribution in [0, 0.1) is 0 Å². The van der Waals surface area contributed by atoms with Gasteiger partial charge in [-0.25, -0.2) is 0 Å². The van der Waals surface area contributed by atoms with Gasteiger partial charge in [-0.05, 0) is 17.7 Å². The van der Waals surface area contributed by atoms with Crippen molar-refractivity contribution in [1.82, 2.24) is 5.32 Å². The Hall–Kier alpha value is -3.64. The number of carbonyl (C=O) groups excluding carboxylic acids is 2. The van der Waals surface area contributed by atoms with Crippen molar-refractivity contribution >= 4 is 17.7 Å². The van der Waals surface area contributed by atoms with Gasteiger partial charge in [0.25, 0.3) is 11.8 Å². The van der Waals surface area contributed by atoms with Crippen LogP contribution in [0.5, 0.6) is 17.2 Å². The number of aromatic nitrogens is 1. The quantitative estimate of drug-likeness (QED) is 0.362. The number of nitrogens with zero attached hydrogens (tertiary/aromatic N) is 2. The predicted octanol–water partition coefficient (Wildman–Crippen LogP) is 1.15. The molecular formula is C20H19N3O5. The number of nitrogens with one attached hydrogen (secondary N) is 1. The average molecular weight is 381 g/mol. The molecule has 1 aliphatic rings. The molecule has 2 atom stereocenters. The number of amides is 2. The zero-order valence-electron chi connectivity index (χ0n) is 15.6. The summed E-state index contributed by atoms with van der Waals surface area (Å²) >= 11 is 0. The van der Waals surface area contributed by atoms with E-state index in [2.05, 4.69) is 5.32 Å². The Morgan fingerprint density at radius 1 is 1.00 bits per heavy atom. The van der Waals surface area contributed by atoms with Gasteiger partial charge in [-0.3, -0.25) is 20.8 Å². The van der Waals surface area contributed by atoms with E-state index >= 15 is 0 Å². The van der Waals surface area contributed by atoms with E-state index in [0.29, 0.717) is 22.8 Å². The maximum Gasteiger partial charge on any atom is 0.296 e. The lowest BCUT2D eigenvalue weighted by molar-refractivity contribution is -0.711. The number of piperidine rings is 1. The van der Waals surface area contributed by atoms with Crippen LogP contribution < -0.4 is 24.1 Å². The largest absolute Gasteiger partial charge is 0.763 e. The highest BCUT2D eigenvalue weighted by Crippen LogP contribution is 2.44. The normalized spacial score (nSPS) is 18.9. The number of pyridine rings is 1. The van der Waals surface area contributed by atoms with Crippen LogP contribution in [-0.2, 0) is 9.59 Å². The Bertz CT molecular complexity index is 942. The Kier molecular flexibility index (Phi) is 5.42. The third-order valence-corrected chi connectivity index (χ3v) is 4.60. The molecule has 1 fully saturated rings. The van der Waals surface area contributed by atoms with Crippen LogP contribution in [0.2, 0.25) is 0 Å². The molecule has 0 aliphatic carbocycles. The van der Waals surface area contributed by atoms with E-state index in [9.17, 15) is 15.0 Å². The van der Waals surface area contributed by atoms with E-state index in [-0.39, 0.29) is 5.57 Å². The van der Waals surface area contributed by atoms with Gasteiger partial charge in [0.15, 0.2) is 23.9 Å². The third kappa shape index (κ3) is 3.21. The van der Waals surface area contributed by atoms with E-state index < -0.39 is 23.8 Å². The number of methoxy groups -OCH3 is 3. The average Bonchev–Trinajstić information content (AvgIpc) is 2.72. The van der Waals surface area contributed by atoms with Gasteiger partial charge < -0.3 is 19.6 Å². The van der Waals surface area contributed by atoms with Crippen molar-refractivity contribution in [1.29, 1.82) is 0 Å². The first kappa shape index (κ1) is 19.1. The molecule has 0 bridgehead atoms. The Morgan fingerprint density at radius 3 is 2.11 bits per heavy atom. The summed E-state index contributed by atoms with van der Waals surface area (Å²) < 4.78 is 17.8. The van der Waals surface area contributed by atoms with Gasteiger partial charge in [0.05, 0.1) is 32.8 Å². The number of rotatable bonds is 5. The van der Waals surface area contributed by atoms with Crippen LogP contribution in [0.15, 0.2) is 48.3 Å². The van der Waals surface area contributed by atoms with Gasteiger partial charge in [0.2, 0.25) is 11.8 Å². The predicted molar refractivity (Wildman–Crippen MR) is 99.5 cm³/mol. The molecule has 1 aromatic carbocycles. The number of hydrogen-bond donors (Lipinski definition) is 1. The van der Waals surface area contributed by atoms with E-state index in [4.69, 9.17) is 14.2 Å². The van der Waals surface area contributed by atoms with Crippen LogP contribution in [0.1, 0.15) is 17.5 Å². The molecule has 2 amide bonds. The smallest absolute Gasteiger partial charge is 0.296 e. The van der Waals surface area contributed by atoms with Crippen molar-refractivity contribution in [2.75, 3.05) is 21.3 Å². The van der Waals surface area contributed by atoms with Crippen LogP contribution in [0.4, 0.5) is 0 Å². The second kappa shape index (κ2) is 7.94. The summed E-state index contributed by atoms with van der Waals surface area (Å²) in [5, 5.41) is 11.9. The molecule has 0 unspecified atom stereocenters. The molecule has 8 nitrogen and oxygen atoms in total. The van der Waals surface area contributed by atoms with Crippen molar-refractivity contribution in [3.63, 3.8) is 0 Å². The standard InChI is InChI=1S/C20H19N3O5/c1-26-14-9-12(10-15(27-2)18(14)28-3)16-13(11-21)19(24)22-20(25)17(16)23-7-5-4-6-8-23/h4-10,16-17H,1-3H3,(H,22,24,25)/t16-,17+/m0/s1. The number of carbonyl (C=O) groups is 2. The highest BCUT2D eigenvalue weighted by atomic mass is 16.5. The fourth-order valence-corrected chi connectivity index (χ4v) is 3.36. The molecule has 0 radical (unpaired) electrons. The minimum absolute atomic E-state index is 0.0739. The Labute approximate surface area is 161 Å². The number of hydrogen-bond acceptors (Lipinski definition) is 5. The van der Waals surface area contributed by atoms with Gasteiger partial charge in [0.1, 0.15) is 0 Å².